The van der Waals surface area contributed by atoms with Crippen molar-refractivity contribution in [2.24, 2.45) is 0 Å². The van der Waals surface area contributed by atoms with Gasteiger partial charge in [-0.2, -0.15) is 0 Å². The SMILES string of the molecule is CCCCNC(=O)[C@@H](C)N(Cc1ccc(Cl)cc1)C(=O)CCCN(c1cc(Cl)ccc1Cl)S(C)(=O)=O. The first-order valence-electron chi connectivity index (χ1n) is 11.7. The molecule has 0 saturated heterocycles. The Hall–Kier alpha value is -2.00. The van der Waals surface area contributed by atoms with Gasteiger partial charge in [-0.15, -0.1) is 0 Å². The number of carbonyl (C=O) groups is 2. The molecule has 0 aliphatic rings. The summed E-state index contributed by atoms with van der Waals surface area (Å²) < 4.78 is 26.1. The van der Waals surface area contributed by atoms with E-state index in [1.165, 1.54) is 17.0 Å². The molecular formula is C25H32Cl3N3O4S. The van der Waals surface area contributed by atoms with Crippen molar-refractivity contribution < 1.29 is 18.0 Å². The summed E-state index contributed by atoms with van der Waals surface area (Å²) in [5.41, 5.74) is 1.07. The van der Waals surface area contributed by atoms with Crippen LogP contribution in [0, 0.1) is 0 Å². The van der Waals surface area contributed by atoms with E-state index in [-0.39, 0.29) is 48.5 Å². The van der Waals surface area contributed by atoms with Gasteiger partial charge < -0.3 is 10.2 Å². The minimum Gasteiger partial charge on any atom is -0.354 e. The van der Waals surface area contributed by atoms with Gasteiger partial charge in [0.15, 0.2) is 0 Å². The van der Waals surface area contributed by atoms with E-state index in [1.807, 2.05) is 6.92 Å². The van der Waals surface area contributed by atoms with E-state index in [9.17, 15) is 18.0 Å². The average Bonchev–Trinajstić information content (AvgIpc) is 2.82. The number of halogens is 3. The molecule has 1 atom stereocenters. The number of carbonyl (C=O) groups excluding carboxylic acids is 2. The molecule has 11 heteroatoms. The summed E-state index contributed by atoms with van der Waals surface area (Å²) >= 11 is 18.3. The van der Waals surface area contributed by atoms with Crippen LogP contribution in [0.25, 0.3) is 0 Å². The maximum Gasteiger partial charge on any atom is 0.242 e. The topological polar surface area (TPSA) is 86.8 Å². The smallest absolute Gasteiger partial charge is 0.242 e. The normalized spacial score (nSPS) is 12.2. The van der Waals surface area contributed by atoms with Crippen molar-refractivity contribution in [3.8, 4) is 0 Å². The van der Waals surface area contributed by atoms with Crippen LogP contribution in [0.1, 0.15) is 45.1 Å². The van der Waals surface area contributed by atoms with Gasteiger partial charge in [0.05, 0.1) is 17.0 Å². The summed E-state index contributed by atoms with van der Waals surface area (Å²) in [6.45, 7) is 4.49. The van der Waals surface area contributed by atoms with Gasteiger partial charge in [-0.05, 0) is 55.7 Å². The van der Waals surface area contributed by atoms with Gasteiger partial charge in [-0.1, -0.05) is 60.3 Å². The van der Waals surface area contributed by atoms with Crippen LogP contribution in [0.3, 0.4) is 0 Å². The predicted octanol–water partition coefficient (Wildman–Crippen LogP) is 5.53. The zero-order valence-corrected chi connectivity index (χ0v) is 23.7. The van der Waals surface area contributed by atoms with Crippen LogP contribution in [0.2, 0.25) is 15.1 Å². The monoisotopic (exact) mass is 575 g/mol. The second-order valence-corrected chi connectivity index (χ2v) is 11.7. The molecule has 0 saturated carbocycles. The standard InChI is InChI=1S/C25H32Cl3N3O4S/c1-4-5-14-29-25(33)18(2)30(17-19-8-10-20(26)11-9-19)24(32)7-6-15-31(36(3,34)35)23-16-21(27)12-13-22(23)28/h8-13,16,18H,4-7,14-15,17H2,1-3H3,(H,29,33)/t18-/m1/s1. The van der Waals surface area contributed by atoms with Crippen molar-refractivity contribution in [3.05, 3.63) is 63.1 Å². The number of benzene rings is 2. The highest BCUT2D eigenvalue weighted by atomic mass is 35.5. The highest BCUT2D eigenvalue weighted by molar-refractivity contribution is 7.92. The third kappa shape index (κ3) is 9.14. The van der Waals surface area contributed by atoms with Gasteiger partial charge in [0.1, 0.15) is 6.04 Å². The molecule has 0 aromatic heterocycles. The lowest BCUT2D eigenvalue weighted by atomic mass is 10.1. The first kappa shape index (κ1) is 30.2. The molecule has 0 bridgehead atoms. The molecule has 0 unspecified atom stereocenters. The maximum absolute atomic E-state index is 13.3. The molecule has 7 nitrogen and oxygen atoms in total. The molecule has 1 N–H and O–H groups in total. The average molecular weight is 577 g/mol. The van der Waals surface area contributed by atoms with Crippen molar-refractivity contribution in [1.82, 2.24) is 10.2 Å². The van der Waals surface area contributed by atoms with Crippen LogP contribution < -0.4 is 9.62 Å². The molecule has 0 aliphatic carbocycles. The van der Waals surface area contributed by atoms with Crippen LogP contribution in [-0.4, -0.2) is 50.5 Å². The van der Waals surface area contributed by atoms with Gasteiger partial charge in [-0.3, -0.25) is 13.9 Å². The largest absolute Gasteiger partial charge is 0.354 e. The Bertz CT molecular complexity index is 1140. The van der Waals surface area contributed by atoms with Crippen molar-refractivity contribution in [2.75, 3.05) is 23.7 Å². The first-order valence-corrected chi connectivity index (χ1v) is 14.7. The third-order valence-corrected chi connectivity index (χ3v) is 7.58. The zero-order valence-electron chi connectivity index (χ0n) is 20.6. The summed E-state index contributed by atoms with van der Waals surface area (Å²) in [7, 11) is -3.68. The lowest BCUT2D eigenvalue weighted by Crippen LogP contribution is -2.48. The van der Waals surface area contributed by atoms with Gasteiger partial charge in [0.25, 0.3) is 0 Å². The van der Waals surface area contributed by atoms with E-state index < -0.39 is 16.1 Å². The van der Waals surface area contributed by atoms with Crippen molar-refractivity contribution in [2.45, 2.75) is 52.1 Å². The zero-order chi connectivity index (χ0) is 26.9. The minimum absolute atomic E-state index is 0.0243. The fourth-order valence-electron chi connectivity index (χ4n) is 3.56. The van der Waals surface area contributed by atoms with Gasteiger partial charge in [0.2, 0.25) is 21.8 Å². The number of hydrogen-bond acceptors (Lipinski definition) is 4. The molecule has 0 aliphatic heterocycles. The van der Waals surface area contributed by atoms with E-state index in [4.69, 9.17) is 34.8 Å². The summed E-state index contributed by atoms with van der Waals surface area (Å²) in [6.07, 6.45) is 3.11. The fraction of sp³-hybridized carbons (Fsp3) is 0.440. The Morgan fingerprint density at radius 3 is 2.25 bits per heavy atom. The van der Waals surface area contributed by atoms with Gasteiger partial charge >= 0.3 is 0 Å². The molecule has 0 spiro atoms. The number of anilines is 1. The van der Waals surface area contributed by atoms with E-state index in [0.717, 1.165) is 29.0 Å². The Morgan fingerprint density at radius 1 is 1.00 bits per heavy atom. The van der Waals surface area contributed by atoms with E-state index in [1.54, 1.807) is 37.3 Å². The summed E-state index contributed by atoms with van der Waals surface area (Å²) in [6, 6.07) is 10.9. The van der Waals surface area contributed by atoms with E-state index in [2.05, 4.69) is 5.32 Å². The Balaban J connectivity index is 2.17. The van der Waals surface area contributed by atoms with E-state index >= 15 is 0 Å². The fourth-order valence-corrected chi connectivity index (χ4v) is 5.10. The number of unbranched alkanes of at least 4 members (excludes halogenated alkanes) is 1. The number of sulfonamides is 1. The van der Waals surface area contributed by atoms with Crippen LogP contribution in [-0.2, 0) is 26.2 Å². The van der Waals surface area contributed by atoms with Crippen molar-refractivity contribution in [1.29, 1.82) is 0 Å². The number of rotatable bonds is 13. The number of nitrogens with one attached hydrogen (secondary N) is 1. The molecular weight excluding hydrogens is 545 g/mol. The molecule has 2 aromatic rings. The lowest BCUT2D eigenvalue weighted by molar-refractivity contribution is -0.140. The maximum atomic E-state index is 13.3. The number of hydrogen-bond donors (Lipinski definition) is 1. The van der Waals surface area contributed by atoms with Crippen LogP contribution in [0.15, 0.2) is 42.5 Å². The van der Waals surface area contributed by atoms with Crippen LogP contribution in [0.4, 0.5) is 5.69 Å². The van der Waals surface area contributed by atoms with Gasteiger partial charge in [-0.25, -0.2) is 8.42 Å². The molecule has 0 radical (unpaired) electrons. The molecule has 2 amide bonds. The molecule has 198 valence electrons. The van der Waals surface area contributed by atoms with Crippen LogP contribution in [0.5, 0.6) is 0 Å². The molecule has 0 fully saturated rings. The Kier molecular flexibility index (Phi) is 11.8. The molecule has 0 heterocycles. The summed E-state index contributed by atoms with van der Waals surface area (Å²) in [4.78, 5) is 27.5. The first-order chi connectivity index (χ1) is 16.9. The highest BCUT2D eigenvalue weighted by Gasteiger charge is 2.27. The van der Waals surface area contributed by atoms with Crippen molar-refractivity contribution in [3.63, 3.8) is 0 Å². The molecule has 2 aromatic carbocycles. The number of nitrogens with zero attached hydrogens (tertiary/aromatic N) is 2. The predicted molar refractivity (Wildman–Crippen MR) is 147 cm³/mol. The highest BCUT2D eigenvalue weighted by Crippen LogP contribution is 2.31. The third-order valence-electron chi connectivity index (χ3n) is 5.59. The van der Waals surface area contributed by atoms with Crippen LogP contribution >= 0.6 is 34.8 Å². The Labute approximate surface area is 228 Å². The number of amides is 2. The summed E-state index contributed by atoms with van der Waals surface area (Å²) in [5, 5.41) is 4.02. The summed E-state index contributed by atoms with van der Waals surface area (Å²) in [5.74, 6) is -0.511. The second-order valence-electron chi connectivity index (χ2n) is 8.50. The van der Waals surface area contributed by atoms with Gasteiger partial charge in [0, 0.05) is 36.1 Å². The minimum atomic E-state index is -3.68. The van der Waals surface area contributed by atoms with E-state index in [0.29, 0.717) is 16.6 Å². The molecule has 2 rings (SSSR count). The lowest BCUT2D eigenvalue weighted by Gasteiger charge is -2.29. The molecule has 36 heavy (non-hydrogen) atoms. The second kappa shape index (κ2) is 14.1. The quantitative estimate of drug-likeness (QED) is 0.318. The Morgan fingerprint density at radius 2 is 1.64 bits per heavy atom. The van der Waals surface area contributed by atoms with Crippen molar-refractivity contribution >= 4 is 62.3 Å².